The van der Waals surface area contributed by atoms with Gasteiger partial charge in [-0.3, -0.25) is 14.9 Å². The fourth-order valence-corrected chi connectivity index (χ4v) is 3.99. The minimum absolute atomic E-state index is 0.138. The highest BCUT2D eigenvalue weighted by Crippen LogP contribution is 2.31. The SMILES string of the molecule is CC(=O)Nc1ccc(-c2csc(NC(=O)C3(C)Cc4ccccc4C(=O)O3)n2)cc1. The lowest BCUT2D eigenvalue weighted by Crippen LogP contribution is -2.48. The van der Waals surface area contributed by atoms with Gasteiger partial charge in [0.15, 0.2) is 10.7 Å². The van der Waals surface area contributed by atoms with Crippen LogP contribution >= 0.6 is 11.3 Å². The van der Waals surface area contributed by atoms with Gasteiger partial charge >= 0.3 is 5.97 Å². The van der Waals surface area contributed by atoms with Crippen molar-refractivity contribution in [3.05, 3.63) is 65.0 Å². The van der Waals surface area contributed by atoms with Crippen molar-refractivity contribution in [2.24, 2.45) is 0 Å². The number of nitrogens with one attached hydrogen (secondary N) is 2. The summed E-state index contributed by atoms with van der Waals surface area (Å²) in [6, 6.07) is 14.4. The van der Waals surface area contributed by atoms with Crippen molar-refractivity contribution in [3.8, 4) is 11.3 Å². The Bertz CT molecular complexity index is 1140. The highest BCUT2D eigenvalue weighted by molar-refractivity contribution is 7.14. The van der Waals surface area contributed by atoms with E-state index in [9.17, 15) is 14.4 Å². The second-order valence-electron chi connectivity index (χ2n) is 7.20. The molecule has 1 aliphatic heterocycles. The van der Waals surface area contributed by atoms with Gasteiger partial charge in [0, 0.05) is 30.0 Å². The fraction of sp³-hybridized carbons (Fsp3) is 0.182. The molecule has 4 rings (SSSR count). The van der Waals surface area contributed by atoms with Crippen LogP contribution in [0.15, 0.2) is 53.9 Å². The number of ether oxygens (including phenoxy) is 1. The molecule has 30 heavy (non-hydrogen) atoms. The van der Waals surface area contributed by atoms with Crippen LogP contribution in [0.4, 0.5) is 10.8 Å². The van der Waals surface area contributed by atoms with Crippen molar-refractivity contribution in [2.45, 2.75) is 25.9 Å². The summed E-state index contributed by atoms with van der Waals surface area (Å²) >= 11 is 1.28. The summed E-state index contributed by atoms with van der Waals surface area (Å²) in [5, 5.41) is 7.72. The Labute approximate surface area is 177 Å². The maximum Gasteiger partial charge on any atom is 0.339 e. The number of esters is 1. The minimum atomic E-state index is -1.31. The van der Waals surface area contributed by atoms with E-state index in [1.807, 2.05) is 29.6 Å². The monoisotopic (exact) mass is 421 g/mol. The first-order valence-electron chi connectivity index (χ1n) is 9.30. The second-order valence-corrected chi connectivity index (χ2v) is 8.06. The summed E-state index contributed by atoms with van der Waals surface area (Å²) in [5.74, 6) is -1.07. The molecule has 0 fully saturated rings. The Morgan fingerprint density at radius 3 is 2.57 bits per heavy atom. The lowest BCUT2D eigenvalue weighted by molar-refractivity contribution is -0.134. The van der Waals surface area contributed by atoms with Crippen LogP contribution < -0.4 is 10.6 Å². The number of rotatable bonds is 4. The topological polar surface area (TPSA) is 97.4 Å². The van der Waals surface area contributed by atoms with E-state index < -0.39 is 17.5 Å². The van der Waals surface area contributed by atoms with Crippen LogP contribution in [0.25, 0.3) is 11.3 Å². The number of cyclic esters (lactones) is 1. The molecule has 1 atom stereocenters. The van der Waals surface area contributed by atoms with Crippen molar-refractivity contribution in [3.63, 3.8) is 0 Å². The number of fused-ring (bicyclic) bond motifs is 1. The summed E-state index contributed by atoms with van der Waals surface area (Å²) < 4.78 is 5.46. The van der Waals surface area contributed by atoms with Gasteiger partial charge in [0.2, 0.25) is 5.91 Å². The summed E-state index contributed by atoms with van der Waals surface area (Å²) in [6.45, 7) is 3.05. The molecule has 0 radical (unpaired) electrons. The zero-order valence-corrected chi connectivity index (χ0v) is 17.2. The molecule has 0 saturated heterocycles. The molecule has 0 bridgehead atoms. The molecule has 1 unspecified atom stereocenters. The predicted molar refractivity (Wildman–Crippen MR) is 114 cm³/mol. The van der Waals surface area contributed by atoms with E-state index in [1.54, 1.807) is 31.2 Å². The molecule has 0 saturated carbocycles. The van der Waals surface area contributed by atoms with E-state index in [2.05, 4.69) is 15.6 Å². The third-order valence-corrected chi connectivity index (χ3v) is 5.55. The lowest BCUT2D eigenvalue weighted by Gasteiger charge is -2.32. The summed E-state index contributed by atoms with van der Waals surface area (Å²) in [4.78, 5) is 40.8. The quantitative estimate of drug-likeness (QED) is 0.623. The van der Waals surface area contributed by atoms with Gasteiger partial charge < -0.3 is 10.1 Å². The average molecular weight is 421 g/mol. The van der Waals surface area contributed by atoms with E-state index in [1.165, 1.54) is 18.3 Å². The highest BCUT2D eigenvalue weighted by atomic mass is 32.1. The molecule has 7 nitrogen and oxygen atoms in total. The van der Waals surface area contributed by atoms with Crippen molar-refractivity contribution in [2.75, 3.05) is 10.6 Å². The van der Waals surface area contributed by atoms with Gasteiger partial charge in [0.05, 0.1) is 11.3 Å². The lowest BCUT2D eigenvalue weighted by atomic mass is 9.89. The largest absolute Gasteiger partial charge is 0.445 e. The van der Waals surface area contributed by atoms with Crippen LogP contribution in [-0.2, 0) is 20.7 Å². The number of nitrogens with zero attached hydrogens (tertiary/aromatic N) is 1. The number of hydrogen-bond acceptors (Lipinski definition) is 6. The van der Waals surface area contributed by atoms with Crippen LogP contribution in [0.5, 0.6) is 0 Å². The standard InChI is InChI=1S/C22H19N3O4S/c1-13(26)23-16-9-7-14(8-10-16)18-12-30-21(24-18)25-20(28)22(2)11-15-5-3-4-6-17(15)19(27)29-22/h3-10,12H,11H2,1-2H3,(H,23,26)(H,24,25,28). The Kier molecular flexibility index (Phi) is 5.09. The number of thiazole rings is 1. The van der Waals surface area contributed by atoms with Crippen LogP contribution in [-0.4, -0.2) is 28.4 Å². The van der Waals surface area contributed by atoms with E-state index in [0.717, 1.165) is 11.1 Å². The molecule has 8 heteroatoms. The maximum absolute atomic E-state index is 12.9. The minimum Gasteiger partial charge on any atom is -0.445 e. The van der Waals surface area contributed by atoms with E-state index in [-0.39, 0.29) is 5.91 Å². The first kappa shape index (κ1) is 19.8. The highest BCUT2D eigenvalue weighted by Gasteiger charge is 2.42. The number of anilines is 2. The van der Waals surface area contributed by atoms with Gasteiger partial charge in [0.1, 0.15) is 0 Å². The van der Waals surface area contributed by atoms with Crippen LogP contribution in [0.1, 0.15) is 29.8 Å². The third-order valence-electron chi connectivity index (χ3n) is 4.79. The number of amides is 2. The van der Waals surface area contributed by atoms with Crippen LogP contribution in [0.2, 0.25) is 0 Å². The Balaban J connectivity index is 1.48. The van der Waals surface area contributed by atoms with Crippen molar-refractivity contribution < 1.29 is 19.1 Å². The molecule has 2 amide bonds. The van der Waals surface area contributed by atoms with Crippen molar-refractivity contribution in [1.82, 2.24) is 4.98 Å². The molecular formula is C22H19N3O4S. The van der Waals surface area contributed by atoms with Gasteiger partial charge in [0.25, 0.3) is 5.91 Å². The van der Waals surface area contributed by atoms with Gasteiger partial charge in [-0.25, -0.2) is 9.78 Å². The number of aromatic nitrogens is 1. The molecule has 3 aromatic rings. The third kappa shape index (κ3) is 3.95. The van der Waals surface area contributed by atoms with Crippen molar-refractivity contribution in [1.29, 1.82) is 0 Å². The summed E-state index contributed by atoms with van der Waals surface area (Å²) in [7, 11) is 0. The molecule has 1 aromatic heterocycles. The molecule has 152 valence electrons. The summed E-state index contributed by atoms with van der Waals surface area (Å²) in [5.41, 5.74) is 2.21. The van der Waals surface area contributed by atoms with Crippen LogP contribution in [0, 0.1) is 0 Å². The molecular weight excluding hydrogens is 402 g/mol. The molecule has 0 aliphatic carbocycles. The Morgan fingerprint density at radius 2 is 1.83 bits per heavy atom. The van der Waals surface area contributed by atoms with E-state index in [4.69, 9.17) is 4.74 Å². The van der Waals surface area contributed by atoms with Gasteiger partial charge in [-0.1, -0.05) is 30.3 Å². The number of carbonyl (C=O) groups is 3. The zero-order chi connectivity index (χ0) is 21.3. The maximum atomic E-state index is 12.9. The number of carbonyl (C=O) groups excluding carboxylic acids is 3. The average Bonchev–Trinajstić information content (AvgIpc) is 3.16. The number of hydrogen-bond donors (Lipinski definition) is 2. The van der Waals surface area contributed by atoms with Gasteiger partial charge in [-0.15, -0.1) is 11.3 Å². The van der Waals surface area contributed by atoms with Gasteiger partial charge in [-0.05, 0) is 30.7 Å². The number of benzene rings is 2. The normalized spacial score (nSPS) is 17.6. The molecule has 1 aliphatic rings. The van der Waals surface area contributed by atoms with Crippen molar-refractivity contribution >= 4 is 39.9 Å². The first-order valence-corrected chi connectivity index (χ1v) is 10.2. The molecule has 2 aromatic carbocycles. The van der Waals surface area contributed by atoms with Crippen LogP contribution in [0.3, 0.4) is 0 Å². The Morgan fingerprint density at radius 1 is 1.10 bits per heavy atom. The smallest absolute Gasteiger partial charge is 0.339 e. The molecule has 2 heterocycles. The van der Waals surface area contributed by atoms with E-state index in [0.29, 0.717) is 28.5 Å². The zero-order valence-electron chi connectivity index (χ0n) is 16.4. The first-order chi connectivity index (χ1) is 14.3. The predicted octanol–water partition coefficient (Wildman–Crippen LogP) is 3.88. The van der Waals surface area contributed by atoms with Gasteiger partial charge in [-0.2, -0.15) is 0 Å². The summed E-state index contributed by atoms with van der Waals surface area (Å²) in [6.07, 6.45) is 0.295. The second kappa shape index (κ2) is 7.72. The van der Waals surface area contributed by atoms with E-state index >= 15 is 0 Å². The Hall–Kier alpha value is -3.52. The molecule has 2 N–H and O–H groups in total. The fourth-order valence-electron chi connectivity index (χ4n) is 3.28. The molecule has 0 spiro atoms.